The molecule has 178 valence electrons. The zero-order valence-corrected chi connectivity index (χ0v) is 21.0. The van der Waals surface area contributed by atoms with Crippen molar-refractivity contribution in [2.75, 3.05) is 37.0 Å². The van der Waals surface area contributed by atoms with Gasteiger partial charge in [0.1, 0.15) is 0 Å². The molecule has 4 heteroatoms. The summed E-state index contributed by atoms with van der Waals surface area (Å²) in [6, 6.07) is 18.4. The number of carbonyl (C=O) groups is 1. The first-order chi connectivity index (χ1) is 16.0. The summed E-state index contributed by atoms with van der Waals surface area (Å²) < 4.78 is 0. The van der Waals surface area contributed by atoms with Gasteiger partial charge in [0, 0.05) is 44.1 Å². The molecule has 2 heterocycles. The Morgan fingerprint density at radius 3 is 2.39 bits per heavy atom. The molecular formula is C29H41N3O. The first-order valence-electron chi connectivity index (χ1n) is 12.9. The number of hydrogen-bond acceptors (Lipinski definition) is 3. The summed E-state index contributed by atoms with van der Waals surface area (Å²) in [6.07, 6.45) is 8.26. The summed E-state index contributed by atoms with van der Waals surface area (Å²) in [5.74, 6) is 0.151. The fourth-order valence-corrected chi connectivity index (χ4v) is 5.73. The first kappa shape index (κ1) is 23.8. The minimum atomic E-state index is -0.102. The Bertz CT molecular complexity index is 930. The fourth-order valence-electron chi connectivity index (χ4n) is 5.73. The molecule has 0 N–H and O–H groups in total. The second-order valence-corrected chi connectivity index (χ2v) is 10.3. The van der Waals surface area contributed by atoms with Crippen LogP contribution < -0.4 is 9.80 Å². The van der Waals surface area contributed by atoms with E-state index in [1.54, 1.807) is 0 Å². The third-order valence-corrected chi connectivity index (χ3v) is 7.73. The lowest BCUT2D eigenvalue weighted by molar-refractivity contribution is -0.120. The van der Waals surface area contributed by atoms with Crippen LogP contribution in [0, 0.1) is 0 Å². The normalized spacial score (nSPS) is 23.5. The number of carbonyl (C=O) groups excluding carboxylic acids is 1. The molecule has 0 saturated carbocycles. The molecule has 0 aliphatic carbocycles. The Morgan fingerprint density at radius 1 is 0.909 bits per heavy atom. The summed E-state index contributed by atoms with van der Waals surface area (Å²) >= 11 is 0. The number of para-hydroxylation sites is 1. The molecule has 2 aromatic rings. The molecule has 0 bridgehead atoms. The highest BCUT2D eigenvalue weighted by molar-refractivity contribution is 6.01. The molecule has 4 rings (SSSR count). The summed E-state index contributed by atoms with van der Waals surface area (Å²) in [5, 5.41) is 0. The molecule has 1 amide bonds. The molecule has 2 aromatic carbocycles. The van der Waals surface area contributed by atoms with E-state index in [9.17, 15) is 4.79 Å². The highest BCUT2D eigenvalue weighted by Crippen LogP contribution is 2.36. The van der Waals surface area contributed by atoms with Gasteiger partial charge in [-0.1, -0.05) is 43.2 Å². The Hall–Kier alpha value is -2.33. The number of rotatable bonds is 8. The molecule has 2 aliphatic heterocycles. The predicted octanol–water partition coefficient (Wildman–Crippen LogP) is 5.86. The van der Waals surface area contributed by atoms with Gasteiger partial charge in [0.2, 0.25) is 5.91 Å². The van der Waals surface area contributed by atoms with E-state index >= 15 is 0 Å². The molecule has 1 unspecified atom stereocenters. The third-order valence-electron chi connectivity index (χ3n) is 7.73. The molecule has 0 aromatic heterocycles. The van der Waals surface area contributed by atoms with Crippen molar-refractivity contribution in [3.05, 3.63) is 59.7 Å². The third kappa shape index (κ3) is 5.43. The standard InChI is InChI=1S/C29H41N3O/c1-22-12-10-13-23(2)31(22)18-8-5-9-19-32-28-17-7-6-14-25(28)21-27(29(32)33)24-15-11-16-26(20-24)30(3)4/h6-7,11,14-17,20,22-23,27H,5,8-10,12-13,18-19,21H2,1-4H3/t22-,23+,27?. The van der Waals surface area contributed by atoms with Crippen LogP contribution in [0.15, 0.2) is 48.5 Å². The van der Waals surface area contributed by atoms with E-state index in [0.29, 0.717) is 12.1 Å². The van der Waals surface area contributed by atoms with Crippen LogP contribution in [0.25, 0.3) is 0 Å². The van der Waals surface area contributed by atoms with Gasteiger partial charge in [0.25, 0.3) is 0 Å². The summed E-state index contributed by atoms with van der Waals surface area (Å²) in [5.41, 5.74) is 4.67. The Balaban J connectivity index is 1.41. The van der Waals surface area contributed by atoms with Gasteiger partial charge in [-0.05, 0) is 81.8 Å². The van der Waals surface area contributed by atoms with Gasteiger partial charge in [-0.2, -0.15) is 0 Å². The number of fused-ring (bicyclic) bond motifs is 1. The molecule has 0 spiro atoms. The highest BCUT2D eigenvalue weighted by atomic mass is 16.2. The Labute approximate surface area is 200 Å². The van der Waals surface area contributed by atoms with Gasteiger partial charge < -0.3 is 9.80 Å². The van der Waals surface area contributed by atoms with Crippen molar-refractivity contribution < 1.29 is 4.79 Å². The second kappa shape index (κ2) is 10.7. The van der Waals surface area contributed by atoms with Crippen LogP contribution in [0.5, 0.6) is 0 Å². The van der Waals surface area contributed by atoms with E-state index in [4.69, 9.17) is 0 Å². The zero-order valence-electron chi connectivity index (χ0n) is 21.0. The maximum atomic E-state index is 13.7. The van der Waals surface area contributed by atoms with Crippen molar-refractivity contribution in [3.63, 3.8) is 0 Å². The van der Waals surface area contributed by atoms with Gasteiger partial charge in [0.15, 0.2) is 0 Å². The highest BCUT2D eigenvalue weighted by Gasteiger charge is 2.33. The molecule has 2 aliphatic rings. The summed E-state index contributed by atoms with van der Waals surface area (Å²) in [6.45, 7) is 6.76. The number of unbranched alkanes of at least 4 members (excludes halogenated alkanes) is 2. The van der Waals surface area contributed by atoms with Crippen molar-refractivity contribution in [2.24, 2.45) is 0 Å². The van der Waals surface area contributed by atoms with E-state index in [1.165, 1.54) is 44.2 Å². The van der Waals surface area contributed by atoms with Gasteiger partial charge >= 0.3 is 0 Å². The topological polar surface area (TPSA) is 26.8 Å². The average Bonchev–Trinajstić information content (AvgIpc) is 2.81. The molecule has 0 radical (unpaired) electrons. The van der Waals surface area contributed by atoms with E-state index in [2.05, 4.69) is 91.2 Å². The largest absolute Gasteiger partial charge is 0.378 e. The van der Waals surface area contributed by atoms with Crippen LogP contribution in [0.4, 0.5) is 11.4 Å². The van der Waals surface area contributed by atoms with Crippen LogP contribution in [0.2, 0.25) is 0 Å². The van der Waals surface area contributed by atoms with Crippen molar-refractivity contribution in [3.8, 4) is 0 Å². The van der Waals surface area contributed by atoms with Gasteiger partial charge in [-0.15, -0.1) is 0 Å². The van der Waals surface area contributed by atoms with E-state index in [-0.39, 0.29) is 11.8 Å². The zero-order chi connectivity index (χ0) is 23.4. The van der Waals surface area contributed by atoms with E-state index in [0.717, 1.165) is 36.3 Å². The molecule has 4 nitrogen and oxygen atoms in total. The van der Waals surface area contributed by atoms with Crippen LogP contribution in [-0.2, 0) is 11.2 Å². The first-order valence-corrected chi connectivity index (χ1v) is 12.9. The molecule has 3 atom stereocenters. The maximum Gasteiger partial charge on any atom is 0.234 e. The molecule has 33 heavy (non-hydrogen) atoms. The van der Waals surface area contributed by atoms with Crippen molar-refractivity contribution in [2.45, 2.75) is 76.8 Å². The Kier molecular flexibility index (Phi) is 7.75. The van der Waals surface area contributed by atoms with Crippen molar-refractivity contribution >= 4 is 17.3 Å². The molecule has 1 saturated heterocycles. The van der Waals surface area contributed by atoms with Gasteiger partial charge in [0.05, 0.1) is 5.92 Å². The van der Waals surface area contributed by atoms with Crippen LogP contribution >= 0.6 is 0 Å². The number of anilines is 2. The van der Waals surface area contributed by atoms with Gasteiger partial charge in [-0.3, -0.25) is 9.69 Å². The smallest absolute Gasteiger partial charge is 0.234 e. The van der Waals surface area contributed by atoms with Crippen LogP contribution in [-0.4, -0.2) is 50.1 Å². The molecular weight excluding hydrogens is 406 g/mol. The van der Waals surface area contributed by atoms with E-state index in [1.807, 2.05) is 0 Å². The quantitative estimate of drug-likeness (QED) is 0.474. The maximum absolute atomic E-state index is 13.7. The van der Waals surface area contributed by atoms with Crippen LogP contribution in [0.3, 0.4) is 0 Å². The van der Waals surface area contributed by atoms with Crippen molar-refractivity contribution in [1.82, 2.24) is 4.90 Å². The lowest BCUT2D eigenvalue weighted by atomic mass is 9.86. The Morgan fingerprint density at radius 2 is 1.64 bits per heavy atom. The number of amides is 1. The lowest BCUT2D eigenvalue weighted by Crippen LogP contribution is -2.44. The number of nitrogens with zero attached hydrogens (tertiary/aromatic N) is 3. The minimum Gasteiger partial charge on any atom is -0.378 e. The van der Waals surface area contributed by atoms with Gasteiger partial charge in [-0.25, -0.2) is 0 Å². The monoisotopic (exact) mass is 447 g/mol. The SMILES string of the molecule is C[C@@H]1CCC[C@H](C)N1CCCCCN1C(=O)C(c2cccc(N(C)C)c2)Cc2ccccc21. The fraction of sp³-hybridized carbons (Fsp3) is 0.552. The molecule has 1 fully saturated rings. The second-order valence-electron chi connectivity index (χ2n) is 10.3. The number of likely N-dealkylation sites (tertiary alicyclic amines) is 1. The lowest BCUT2D eigenvalue weighted by Gasteiger charge is -2.39. The summed E-state index contributed by atoms with van der Waals surface area (Å²) in [7, 11) is 4.10. The number of benzene rings is 2. The predicted molar refractivity (Wildman–Crippen MR) is 139 cm³/mol. The van der Waals surface area contributed by atoms with E-state index < -0.39 is 0 Å². The van der Waals surface area contributed by atoms with Crippen molar-refractivity contribution in [1.29, 1.82) is 0 Å². The van der Waals surface area contributed by atoms with Crippen LogP contribution in [0.1, 0.15) is 69.4 Å². The number of hydrogen-bond donors (Lipinski definition) is 0. The minimum absolute atomic E-state index is 0.102. The number of piperidine rings is 1. The summed E-state index contributed by atoms with van der Waals surface area (Å²) in [4.78, 5) is 20.5. The average molecular weight is 448 g/mol.